The molecule has 50 valence electrons. The second-order valence-corrected chi connectivity index (χ2v) is 2.22. The number of hydrogen-bond donors (Lipinski definition) is 0. The molecule has 0 aliphatic heterocycles. The molecule has 0 N–H and O–H groups in total. The summed E-state index contributed by atoms with van der Waals surface area (Å²) in [6.07, 6.45) is 1.61. The van der Waals surface area contributed by atoms with E-state index in [0.29, 0.717) is 5.69 Å². The van der Waals surface area contributed by atoms with Gasteiger partial charge in [-0.15, -0.1) is 0 Å². The Labute approximate surface area is 60.3 Å². The summed E-state index contributed by atoms with van der Waals surface area (Å²) in [6, 6.07) is 1.91. The molecule has 1 rings (SSSR count). The van der Waals surface area contributed by atoms with Crippen molar-refractivity contribution in [1.29, 1.82) is 0 Å². The molecule has 10 heavy (non-hydrogen) atoms. The van der Waals surface area contributed by atoms with E-state index in [4.69, 9.17) is 6.57 Å². The summed E-state index contributed by atoms with van der Waals surface area (Å²) in [7, 11) is 0. The highest BCUT2D eigenvalue weighted by Crippen LogP contribution is 2.16. The number of pyridine rings is 1. The number of aryl methyl sites for hydroxylation is 2. The van der Waals surface area contributed by atoms with E-state index in [1.807, 2.05) is 19.9 Å². The number of rotatable bonds is 0. The summed E-state index contributed by atoms with van der Waals surface area (Å²) in [5, 5.41) is 0. The van der Waals surface area contributed by atoms with Crippen LogP contribution < -0.4 is 0 Å². The fourth-order valence-corrected chi connectivity index (χ4v) is 0.806. The second-order valence-electron chi connectivity index (χ2n) is 2.22. The molecule has 0 saturated carbocycles. The van der Waals surface area contributed by atoms with E-state index in [2.05, 4.69) is 9.83 Å². The van der Waals surface area contributed by atoms with Gasteiger partial charge in [0.15, 0.2) is 0 Å². The lowest BCUT2D eigenvalue weighted by Gasteiger charge is -1.95. The van der Waals surface area contributed by atoms with Gasteiger partial charge in [0, 0.05) is 11.9 Å². The van der Waals surface area contributed by atoms with Crippen LogP contribution in [0.25, 0.3) is 4.85 Å². The summed E-state index contributed by atoms with van der Waals surface area (Å²) >= 11 is 0. The van der Waals surface area contributed by atoms with Crippen molar-refractivity contribution in [3.05, 3.63) is 34.9 Å². The number of nitrogens with zero attached hydrogens (tertiary/aromatic N) is 2. The summed E-state index contributed by atoms with van der Waals surface area (Å²) in [5.41, 5.74) is 2.61. The molecule has 2 heteroatoms. The molecule has 0 atom stereocenters. The molecule has 0 aliphatic rings. The first-order valence-corrected chi connectivity index (χ1v) is 3.05. The SMILES string of the molecule is [C-]#[N+]c1cnc(C)cc1C. The van der Waals surface area contributed by atoms with E-state index >= 15 is 0 Å². The average molecular weight is 132 g/mol. The van der Waals surface area contributed by atoms with Crippen molar-refractivity contribution < 1.29 is 0 Å². The van der Waals surface area contributed by atoms with Crippen LogP contribution >= 0.6 is 0 Å². The van der Waals surface area contributed by atoms with Crippen molar-refractivity contribution in [2.45, 2.75) is 13.8 Å². The summed E-state index contributed by atoms with van der Waals surface area (Å²) in [4.78, 5) is 7.30. The van der Waals surface area contributed by atoms with Crippen LogP contribution in [0.15, 0.2) is 12.3 Å². The Bertz CT molecular complexity index is 284. The number of aromatic nitrogens is 1. The Balaban J connectivity index is 3.23. The van der Waals surface area contributed by atoms with Gasteiger partial charge in [0.1, 0.15) is 0 Å². The van der Waals surface area contributed by atoms with Gasteiger partial charge in [-0.25, -0.2) is 4.85 Å². The quantitative estimate of drug-likeness (QED) is 0.495. The lowest BCUT2D eigenvalue weighted by atomic mass is 10.2. The molecule has 0 aromatic carbocycles. The summed E-state index contributed by atoms with van der Waals surface area (Å²) in [6.45, 7) is 10.6. The van der Waals surface area contributed by atoms with Crippen molar-refractivity contribution in [3.63, 3.8) is 0 Å². The lowest BCUT2D eigenvalue weighted by molar-refractivity contribution is 1.19. The van der Waals surface area contributed by atoms with E-state index in [9.17, 15) is 0 Å². The summed E-state index contributed by atoms with van der Waals surface area (Å²) in [5.74, 6) is 0. The zero-order chi connectivity index (χ0) is 7.56. The normalized spacial score (nSPS) is 8.90. The minimum absolute atomic E-state index is 0.644. The fourth-order valence-electron chi connectivity index (χ4n) is 0.806. The van der Waals surface area contributed by atoms with Gasteiger partial charge in [-0.3, -0.25) is 4.98 Å². The van der Waals surface area contributed by atoms with Crippen LogP contribution in [0.3, 0.4) is 0 Å². The molecule has 1 aromatic heterocycles. The Morgan fingerprint density at radius 3 is 2.70 bits per heavy atom. The fraction of sp³-hybridized carbons (Fsp3) is 0.250. The maximum atomic E-state index is 6.74. The van der Waals surface area contributed by atoms with E-state index in [0.717, 1.165) is 11.3 Å². The molecule has 0 amide bonds. The van der Waals surface area contributed by atoms with Crippen molar-refractivity contribution >= 4 is 5.69 Å². The zero-order valence-electron chi connectivity index (χ0n) is 6.05. The Morgan fingerprint density at radius 1 is 1.50 bits per heavy atom. The van der Waals surface area contributed by atoms with Gasteiger partial charge in [0.05, 0.1) is 6.57 Å². The topological polar surface area (TPSA) is 17.2 Å². The maximum Gasteiger partial charge on any atom is 0.207 e. The molecule has 1 aromatic rings. The second kappa shape index (κ2) is 2.49. The molecule has 0 saturated heterocycles. The van der Waals surface area contributed by atoms with Crippen molar-refractivity contribution in [3.8, 4) is 0 Å². The molecule has 1 heterocycles. The van der Waals surface area contributed by atoms with Gasteiger partial charge in [0.2, 0.25) is 5.69 Å². The van der Waals surface area contributed by atoms with Crippen LogP contribution in [0.5, 0.6) is 0 Å². The molecule has 0 spiro atoms. The van der Waals surface area contributed by atoms with Crippen molar-refractivity contribution in [2.24, 2.45) is 0 Å². The zero-order valence-corrected chi connectivity index (χ0v) is 6.05. The standard InChI is InChI=1S/C8H8N2/c1-6-4-7(2)10-5-8(6)9-3/h4-5H,1-2H3. The monoisotopic (exact) mass is 132 g/mol. The first-order chi connectivity index (χ1) is 4.74. The molecule has 0 bridgehead atoms. The van der Waals surface area contributed by atoms with Gasteiger partial charge in [-0.05, 0) is 25.5 Å². The van der Waals surface area contributed by atoms with E-state index in [-0.39, 0.29) is 0 Å². The van der Waals surface area contributed by atoms with Gasteiger partial charge < -0.3 is 0 Å². The molecule has 0 unspecified atom stereocenters. The van der Waals surface area contributed by atoms with Crippen molar-refractivity contribution in [1.82, 2.24) is 4.98 Å². The Morgan fingerprint density at radius 2 is 2.20 bits per heavy atom. The molecular weight excluding hydrogens is 124 g/mol. The van der Waals surface area contributed by atoms with Gasteiger partial charge in [-0.1, -0.05) is 0 Å². The average Bonchev–Trinajstić information content (AvgIpc) is 1.88. The minimum atomic E-state index is 0.644. The van der Waals surface area contributed by atoms with E-state index < -0.39 is 0 Å². The molecule has 0 fully saturated rings. The molecule has 2 nitrogen and oxygen atoms in total. The highest BCUT2D eigenvalue weighted by Gasteiger charge is 1.95. The largest absolute Gasteiger partial charge is 0.273 e. The highest BCUT2D eigenvalue weighted by atomic mass is 14.7. The predicted octanol–water partition coefficient (Wildman–Crippen LogP) is 2.25. The minimum Gasteiger partial charge on any atom is -0.273 e. The smallest absolute Gasteiger partial charge is 0.207 e. The van der Waals surface area contributed by atoms with Crippen LogP contribution in [-0.4, -0.2) is 4.98 Å². The third kappa shape index (κ3) is 1.14. The Kier molecular flexibility index (Phi) is 1.68. The molecular formula is C8H8N2. The van der Waals surface area contributed by atoms with Gasteiger partial charge >= 0.3 is 0 Å². The van der Waals surface area contributed by atoms with Gasteiger partial charge in [-0.2, -0.15) is 0 Å². The predicted molar refractivity (Wildman–Crippen MR) is 40.0 cm³/mol. The van der Waals surface area contributed by atoms with Crippen LogP contribution in [0, 0.1) is 20.4 Å². The first kappa shape index (κ1) is 6.76. The van der Waals surface area contributed by atoms with E-state index in [1.165, 1.54) is 0 Å². The third-order valence-electron chi connectivity index (χ3n) is 1.34. The molecule has 0 aliphatic carbocycles. The first-order valence-electron chi connectivity index (χ1n) is 3.05. The van der Waals surface area contributed by atoms with Crippen LogP contribution in [-0.2, 0) is 0 Å². The highest BCUT2D eigenvalue weighted by molar-refractivity contribution is 5.49. The maximum absolute atomic E-state index is 6.74. The van der Waals surface area contributed by atoms with Crippen LogP contribution in [0.1, 0.15) is 11.3 Å². The third-order valence-corrected chi connectivity index (χ3v) is 1.34. The van der Waals surface area contributed by atoms with E-state index in [1.54, 1.807) is 6.20 Å². The lowest BCUT2D eigenvalue weighted by Crippen LogP contribution is -1.80. The summed E-state index contributed by atoms with van der Waals surface area (Å²) < 4.78 is 0. The van der Waals surface area contributed by atoms with Gasteiger partial charge in [0.25, 0.3) is 0 Å². The van der Waals surface area contributed by atoms with Crippen LogP contribution in [0.4, 0.5) is 5.69 Å². The molecule has 0 radical (unpaired) electrons. The van der Waals surface area contributed by atoms with Crippen molar-refractivity contribution in [2.75, 3.05) is 0 Å². The van der Waals surface area contributed by atoms with Crippen LogP contribution in [0.2, 0.25) is 0 Å². The number of hydrogen-bond acceptors (Lipinski definition) is 1. The Hall–Kier alpha value is -1.36.